The van der Waals surface area contributed by atoms with E-state index in [2.05, 4.69) is 8.75 Å². The summed E-state index contributed by atoms with van der Waals surface area (Å²) in [6.07, 6.45) is 0. The summed E-state index contributed by atoms with van der Waals surface area (Å²) >= 11 is 6.94. The highest BCUT2D eigenvalue weighted by molar-refractivity contribution is 6.99. The van der Waals surface area contributed by atoms with Gasteiger partial charge in [0.25, 0.3) is 0 Å². The maximum Gasteiger partial charge on any atom is 0.187 e. The molecule has 0 bridgehead atoms. The van der Waals surface area contributed by atoms with Gasteiger partial charge in [0.2, 0.25) is 0 Å². The topological polar surface area (TPSA) is 29.0 Å². The summed E-state index contributed by atoms with van der Waals surface area (Å²) in [5.74, 6) is 0.413. The Bertz CT molecular complexity index is 471. The van der Waals surface area contributed by atoms with Crippen molar-refractivity contribution in [2.24, 2.45) is 0 Å². The van der Waals surface area contributed by atoms with Crippen LogP contribution in [0.4, 0.5) is 10.2 Å². The Morgan fingerprint density at radius 2 is 2.00 bits per heavy atom. The molecule has 2 rings (SSSR count). The maximum absolute atomic E-state index is 12.7. The second-order valence-electron chi connectivity index (χ2n) is 3.36. The van der Waals surface area contributed by atoms with Crippen molar-refractivity contribution in [3.05, 3.63) is 40.8 Å². The van der Waals surface area contributed by atoms with Crippen molar-refractivity contribution in [2.75, 3.05) is 11.9 Å². The van der Waals surface area contributed by atoms with Crippen LogP contribution in [0.15, 0.2) is 24.3 Å². The normalized spacial score (nSPS) is 10.4. The maximum atomic E-state index is 12.7. The van der Waals surface area contributed by atoms with Gasteiger partial charge in [0.1, 0.15) is 5.82 Å². The third-order valence-electron chi connectivity index (χ3n) is 2.13. The van der Waals surface area contributed by atoms with E-state index in [1.807, 2.05) is 11.9 Å². The van der Waals surface area contributed by atoms with Crippen LogP contribution < -0.4 is 4.90 Å². The number of hydrogen-bond acceptors (Lipinski definition) is 4. The molecule has 0 saturated heterocycles. The lowest BCUT2D eigenvalue weighted by molar-refractivity contribution is 0.627. The SMILES string of the molecule is CN(Cc1ccc(F)cc1)c1nsnc1Cl. The average Bonchev–Trinajstić information content (AvgIpc) is 2.68. The van der Waals surface area contributed by atoms with Gasteiger partial charge in [-0.05, 0) is 17.7 Å². The Morgan fingerprint density at radius 3 is 2.56 bits per heavy atom. The smallest absolute Gasteiger partial charge is 0.187 e. The van der Waals surface area contributed by atoms with E-state index in [1.54, 1.807) is 12.1 Å². The highest BCUT2D eigenvalue weighted by atomic mass is 35.5. The molecular weight excluding hydrogens is 249 g/mol. The standard InChI is InChI=1S/C10H9ClFN3S/c1-15(10-9(11)13-16-14-10)6-7-2-4-8(12)5-3-7/h2-5H,6H2,1H3. The highest BCUT2D eigenvalue weighted by Gasteiger charge is 2.10. The lowest BCUT2D eigenvalue weighted by atomic mass is 10.2. The van der Waals surface area contributed by atoms with Gasteiger partial charge in [0.05, 0.1) is 11.7 Å². The molecule has 0 saturated carbocycles. The summed E-state index contributed by atoms with van der Waals surface area (Å²) in [5.41, 5.74) is 0.993. The molecule has 0 atom stereocenters. The van der Waals surface area contributed by atoms with Gasteiger partial charge in [-0.2, -0.15) is 8.75 Å². The van der Waals surface area contributed by atoms with E-state index < -0.39 is 0 Å². The van der Waals surface area contributed by atoms with E-state index in [9.17, 15) is 4.39 Å². The minimum atomic E-state index is -0.236. The van der Waals surface area contributed by atoms with Crippen LogP contribution in [0.5, 0.6) is 0 Å². The molecular formula is C10H9ClFN3S. The highest BCUT2D eigenvalue weighted by Crippen LogP contribution is 2.22. The van der Waals surface area contributed by atoms with Gasteiger partial charge < -0.3 is 4.90 Å². The Morgan fingerprint density at radius 1 is 1.31 bits per heavy atom. The number of hydrogen-bond donors (Lipinski definition) is 0. The van der Waals surface area contributed by atoms with Gasteiger partial charge in [-0.1, -0.05) is 23.7 Å². The summed E-state index contributed by atoms with van der Waals surface area (Å²) in [5, 5.41) is 0.398. The lowest BCUT2D eigenvalue weighted by Crippen LogP contribution is -2.16. The molecule has 0 aliphatic carbocycles. The Labute approximate surface area is 102 Å². The summed E-state index contributed by atoms with van der Waals surface area (Å²) in [6, 6.07) is 6.34. The second kappa shape index (κ2) is 4.76. The van der Waals surface area contributed by atoms with Gasteiger partial charge in [-0.3, -0.25) is 0 Å². The molecule has 1 aromatic heterocycles. The second-order valence-corrected chi connectivity index (χ2v) is 4.25. The zero-order valence-corrected chi connectivity index (χ0v) is 10.1. The minimum absolute atomic E-state index is 0.236. The van der Waals surface area contributed by atoms with Gasteiger partial charge >= 0.3 is 0 Å². The van der Waals surface area contributed by atoms with E-state index in [4.69, 9.17) is 11.6 Å². The summed E-state index contributed by atoms with van der Waals surface area (Å²) in [6.45, 7) is 0.616. The van der Waals surface area contributed by atoms with Crippen LogP contribution in [0, 0.1) is 5.82 Å². The quantitative estimate of drug-likeness (QED) is 0.847. The molecule has 0 N–H and O–H groups in total. The van der Waals surface area contributed by atoms with Crippen LogP contribution in [0.25, 0.3) is 0 Å². The fourth-order valence-electron chi connectivity index (χ4n) is 1.34. The van der Waals surface area contributed by atoms with Crippen molar-refractivity contribution in [3.8, 4) is 0 Å². The van der Waals surface area contributed by atoms with Crippen LogP contribution >= 0.6 is 23.3 Å². The Hall–Kier alpha value is -1.20. The van der Waals surface area contributed by atoms with E-state index in [-0.39, 0.29) is 5.82 Å². The molecule has 0 radical (unpaired) electrons. The van der Waals surface area contributed by atoms with Crippen LogP contribution in [0.2, 0.25) is 5.15 Å². The molecule has 0 unspecified atom stereocenters. The molecule has 6 heteroatoms. The Balaban J connectivity index is 2.10. The molecule has 16 heavy (non-hydrogen) atoms. The molecule has 0 fully saturated rings. The molecule has 0 aliphatic heterocycles. The van der Waals surface area contributed by atoms with E-state index >= 15 is 0 Å². The van der Waals surface area contributed by atoms with E-state index in [0.29, 0.717) is 17.5 Å². The minimum Gasteiger partial charge on any atom is -0.352 e. The molecule has 1 heterocycles. The van der Waals surface area contributed by atoms with Crippen molar-refractivity contribution >= 4 is 29.1 Å². The van der Waals surface area contributed by atoms with Gasteiger partial charge in [-0.25, -0.2) is 4.39 Å². The average molecular weight is 258 g/mol. The largest absolute Gasteiger partial charge is 0.352 e. The van der Waals surface area contributed by atoms with Gasteiger partial charge in [0, 0.05) is 13.6 Å². The van der Waals surface area contributed by atoms with Crippen molar-refractivity contribution in [1.29, 1.82) is 0 Å². The first-order chi connectivity index (χ1) is 7.66. The molecule has 0 spiro atoms. The van der Waals surface area contributed by atoms with Gasteiger partial charge in [-0.15, -0.1) is 0 Å². The lowest BCUT2D eigenvalue weighted by Gasteiger charge is -2.15. The van der Waals surface area contributed by atoms with E-state index in [1.165, 1.54) is 12.1 Å². The number of anilines is 1. The van der Waals surface area contributed by atoms with Crippen molar-refractivity contribution in [2.45, 2.75) is 6.54 Å². The first kappa shape index (κ1) is 11.3. The molecule has 0 aliphatic rings. The number of halogens is 2. The molecule has 2 aromatic rings. The fourth-order valence-corrected chi connectivity index (χ4v) is 2.17. The molecule has 3 nitrogen and oxygen atoms in total. The van der Waals surface area contributed by atoms with Crippen molar-refractivity contribution in [1.82, 2.24) is 8.75 Å². The predicted molar refractivity (Wildman–Crippen MR) is 63.4 cm³/mol. The molecule has 1 aromatic carbocycles. The van der Waals surface area contributed by atoms with Crippen LogP contribution in [0.3, 0.4) is 0 Å². The van der Waals surface area contributed by atoms with Crippen molar-refractivity contribution < 1.29 is 4.39 Å². The monoisotopic (exact) mass is 257 g/mol. The third-order valence-corrected chi connectivity index (χ3v) is 3.00. The van der Waals surface area contributed by atoms with Crippen LogP contribution in [-0.2, 0) is 6.54 Å². The van der Waals surface area contributed by atoms with Crippen LogP contribution in [-0.4, -0.2) is 15.8 Å². The summed E-state index contributed by atoms with van der Waals surface area (Å²) in [7, 11) is 1.87. The Kier molecular flexibility index (Phi) is 3.36. The number of aromatic nitrogens is 2. The third kappa shape index (κ3) is 2.48. The number of benzene rings is 1. The summed E-state index contributed by atoms with van der Waals surface area (Å²) in [4.78, 5) is 1.87. The molecule has 84 valence electrons. The summed E-state index contributed by atoms with van der Waals surface area (Å²) < 4.78 is 20.7. The first-order valence-corrected chi connectivity index (χ1v) is 5.71. The fraction of sp³-hybridized carbons (Fsp3) is 0.200. The first-order valence-electron chi connectivity index (χ1n) is 4.60. The zero-order chi connectivity index (χ0) is 11.5. The zero-order valence-electron chi connectivity index (χ0n) is 8.52. The predicted octanol–water partition coefficient (Wildman–Crippen LogP) is 2.97. The number of nitrogens with zero attached hydrogens (tertiary/aromatic N) is 3. The molecule has 0 amide bonds. The van der Waals surface area contributed by atoms with Crippen molar-refractivity contribution in [3.63, 3.8) is 0 Å². The number of rotatable bonds is 3. The van der Waals surface area contributed by atoms with E-state index in [0.717, 1.165) is 17.3 Å². The van der Waals surface area contributed by atoms with Gasteiger partial charge in [0.15, 0.2) is 11.0 Å². The van der Waals surface area contributed by atoms with Crippen LogP contribution in [0.1, 0.15) is 5.56 Å².